The summed E-state index contributed by atoms with van der Waals surface area (Å²) in [5.41, 5.74) is -1.85. The highest BCUT2D eigenvalue weighted by atomic mass is 19.3. The molecule has 0 aliphatic heterocycles. The molecule has 0 aliphatic rings. The average molecular weight is 503 g/mol. The summed E-state index contributed by atoms with van der Waals surface area (Å²) in [5.74, 6) is -8.69. The van der Waals surface area contributed by atoms with Crippen LogP contribution >= 0.6 is 0 Å². The van der Waals surface area contributed by atoms with Crippen molar-refractivity contribution in [2.24, 2.45) is 11.8 Å². The molecule has 0 N–H and O–H groups in total. The van der Waals surface area contributed by atoms with Crippen LogP contribution in [0.5, 0.6) is 0 Å². The van der Waals surface area contributed by atoms with Crippen molar-refractivity contribution in [3.8, 4) is 0 Å². The third-order valence-corrected chi connectivity index (χ3v) is 4.86. The SMILES string of the molecule is C=C(/C=C(/F)C(=C)C(=C)/C=C(/F)C(=C)F)OC(F)(F)C(=C)/C=C\C(=C)C(C)/C(F)=C(/F)C(C)CC. The van der Waals surface area contributed by atoms with E-state index in [2.05, 4.69) is 44.2 Å². The molecule has 0 aromatic heterocycles. The molecule has 0 heterocycles. The zero-order valence-corrected chi connectivity index (χ0v) is 20.0. The molecule has 0 saturated carbocycles. The van der Waals surface area contributed by atoms with E-state index in [1.807, 2.05) is 0 Å². The Kier molecular flexibility index (Phi) is 12.3. The molecule has 0 aliphatic carbocycles. The molecule has 0 rings (SSSR count). The van der Waals surface area contributed by atoms with Crippen molar-refractivity contribution in [1.29, 1.82) is 0 Å². The van der Waals surface area contributed by atoms with Gasteiger partial charge in [0.1, 0.15) is 23.2 Å². The number of allylic oxidation sites excluding steroid dienone is 11. The predicted octanol–water partition coefficient (Wildman–Crippen LogP) is 9.91. The Morgan fingerprint density at radius 1 is 0.829 bits per heavy atom. The van der Waals surface area contributed by atoms with E-state index in [1.54, 1.807) is 6.92 Å². The first-order valence-corrected chi connectivity index (χ1v) is 10.3. The van der Waals surface area contributed by atoms with E-state index in [0.717, 1.165) is 12.2 Å². The zero-order chi connectivity index (χ0) is 27.7. The van der Waals surface area contributed by atoms with Crippen molar-refractivity contribution in [1.82, 2.24) is 0 Å². The van der Waals surface area contributed by atoms with Crippen LogP contribution in [0.3, 0.4) is 0 Å². The minimum absolute atomic E-state index is 0.00581. The van der Waals surface area contributed by atoms with Crippen LogP contribution in [0.25, 0.3) is 0 Å². The zero-order valence-electron chi connectivity index (χ0n) is 20.0. The number of ether oxygens (including phenoxy) is 1. The Morgan fingerprint density at radius 2 is 1.37 bits per heavy atom. The van der Waals surface area contributed by atoms with Crippen molar-refractivity contribution in [2.75, 3.05) is 0 Å². The van der Waals surface area contributed by atoms with Crippen LogP contribution in [0.4, 0.5) is 30.7 Å². The van der Waals surface area contributed by atoms with E-state index in [0.29, 0.717) is 18.6 Å². The second kappa shape index (κ2) is 13.6. The van der Waals surface area contributed by atoms with Gasteiger partial charge < -0.3 is 4.74 Å². The van der Waals surface area contributed by atoms with Crippen molar-refractivity contribution >= 4 is 0 Å². The molecular formula is C27H29F7O. The minimum atomic E-state index is -4.07. The topological polar surface area (TPSA) is 9.23 Å². The number of alkyl halides is 2. The van der Waals surface area contributed by atoms with Crippen LogP contribution in [0.1, 0.15) is 27.2 Å². The lowest BCUT2D eigenvalue weighted by molar-refractivity contribution is -0.175. The Balaban J connectivity index is 5.38. The summed E-state index contributed by atoms with van der Waals surface area (Å²) in [6.45, 7) is 23.7. The fourth-order valence-corrected chi connectivity index (χ4v) is 2.19. The van der Waals surface area contributed by atoms with Crippen LogP contribution < -0.4 is 0 Å². The first kappa shape index (κ1) is 31.7. The van der Waals surface area contributed by atoms with Gasteiger partial charge in [0.25, 0.3) is 0 Å². The Bertz CT molecular complexity index is 1020. The standard InChI is InChI=1S/C27H29F7O/c1-10-15(2)25(31)26(32)21(8)16(3)11-12-18(5)27(33,34)35-19(6)14-23(29)20(7)17(4)13-24(30)22(9)28/h11-15,21H,3-7,9-10H2,1-2,8H3/b12-11-,23-14+,24-13+,26-25-. The highest BCUT2D eigenvalue weighted by molar-refractivity contribution is 5.49. The van der Waals surface area contributed by atoms with Crippen LogP contribution in [-0.2, 0) is 4.74 Å². The fraction of sp³-hybridized carbons (Fsp3) is 0.259. The summed E-state index contributed by atoms with van der Waals surface area (Å²) in [4.78, 5) is 0. The molecular weight excluding hydrogens is 473 g/mol. The average Bonchev–Trinajstić information content (AvgIpc) is 2.78. The number of rotatable bonds is 14. The molecule has 8 heteroatoms. The third kappa shape index (κ3) is 9.84. The second-order valence-electron chi connectivity index (χ2n) is 7.64. The molecule has 0 fully saturated rings. The van der Waals surface area contributed by atoms with E-state index in [-0.39, 0.29) is 11.1 Å². The van der Waals surface area contributed by atoms with Gasteiger partial charge in [-0.05, 0) is 29.7 Å². The molecule has 0 saturated heterocycles. The monoisotopic (exact) mass is 502 g/mol. The van der Waals surface area contributed by atoms with Crippen LogP contribution in [0.2, 0.25) is 0 Å². The first-order valence-electron chi connectivity index (χ1n) is 10.3. The van der Waals surface area contributed by atoms with Crippen molar-refractivity contribution in [3.63, 3.8) is 0 Å². The van der Waals surface area contributed by atoms with Gasteiger partial charge in [-0.1, -0.05) is 66.3 Å². The first-order chi connectivity index (χ1) is 16.0. The molecule has 0 amide bonds. The van der Waals surface area contributed by atoms with E-state index in [9.17, 15) is 30.7 Å². The summed E-state index contributed by atoms with van der Waals surface area (Å²) in [6, 6.07) is 0. The summed E-state index contributed by atoms with van der Waals surface area (Å²) in [6.07, 6.45) is -0.926. The van der Waals surface area contributed by atoms with E-state index in [4.69, 9.17) is 0 Å². The maximum absolute atomic E-state index is 14.3. The maximum Gasteiger partial charge on any atom is 0.426 e. The van der Waals surface area contributed by atoms with Gasteiger partial charge in [0.05, 0.1) is 5.57 Å². The van der Waals surface area contributed by atoms with E-state index >= 15 is 0 Å². The summed E-state index contributed by atoms with van der Waals surface area (Å²) in [5, 5.41) is 0. The molecule has 2 unspecified atom stereocenters. The molecule has 0 bridgehead atoms. The molecule has 192 valence electrons. The van der Waals surface area contributed by atoms with Gasteiger partial charge in [0.2, 0.25) is 0 Å². The Labute approximate surface area is 202 Å². The summed E-state index contributed by atoms with van der Waals surface area (Å²) >= 11 is 0. The van der Waals surface area contributed by atoms with Gasteiger partial charge in [-0.25, -0.2) is 22.0 Å². The van der Waals surface area contributed by atoms with Gasteiger partial charge in [-0.2, -0.15) is 8.78 Å². The van der Waals surface area contributed by atoms with E-state index in [1.165, 1.54) is 13.8 Å². The van der Waals surface area contributed by atoms with Crippen LogP contribution in [0, 0.1) is 11.8 Å². The number of hydrogen-bond donors (Lipinski definition) is 0. The maximum atomic E-state index is 14.3. The van der Waals surface area contributed by atoms with E-state index < -0.39 is 64.0 Å². The van der Waals surface area contributed by atoms with Gasteiger partial charge in [0.15, 0.2) is 11.7 Å². The third-order valence-electron chi connectivity index (χ3n) is 4.86. The molecule has 0 spiro atoms. The fourth-order valence-electron chi connectivity index (χ4n) is 2.19. The lowest BCUT2D eigenvalue weighted by Gasteiger charge is -2.19. The quantitative estimate of drug-likeness (QED) is 0.130. The molecule has 2 atom stereocenters. The van der Waals surface area contributed by atoms with Crippen LogP contribution in [-0.4, -0.2) is 6.11 Å². The Morgan fingerprint density at radius 3 is 1.86 bits per heavy atom. The smallest absolute Gasteiger partial charge is 0.426 e. The van der Waals surface area contributed by atoms with Crippen molar-refractivity contribution < 1.29 is 35.5 Å². The number of hydrogen-bond acceptors (Lipinski definition) is 1. The molecule has 0 aromatic rings. The lowest BCUT2D eigenvalue weighted by Crippen LogP contribution is -2.21. The molecule has 0 aromatic carbocycles. The van der Waals surface area contributed by atoms with Gasteiger partial charge >= 0.3 is 6.11 Å². The lowest BCUT2D eigenvalue weighted by atomic mass is 9.96. The second-order valence-corrected chi connectivity index (χ2v) is 7.64. The molecule has 35 heavy (non-hydrogen) atoms. The van der Waals surface area contributed by atoms with Crippen LogP contribution in [0.15, 0.2) is 121 Å². The predicted molar refractivity (Wildman–Crippen MR) is 127 cm³/mol. The molecule has 0 radical (unpaired) electrons. The minimum Gasteiger partial charge on any atom is -0.429 e. The van der Waals surface area contributed by atoms with Crippen molar-refractivity contribution in [3.05, 3.63) is 121 Å². The summed E-state index contributed by atoms with van der Waals surface area (Å²) in [7, 11) is 0. The van der Waals surface area contributed by atoms with Gasteiger partial charge in [-0.3, -0.25) is 0 Å². The number of halogens is 7. The van der Waals surface area contributed by atoms with Crippen molar-refractivity contribution in [2.45, 2.75) is 33.3 Å². The Hall–Kier alpha value is -3.29. The summed E-state index contributed by atoms with van der Waals surface area (Å²) < 4.78 is 101. The highest BCUT2D eigenvalue weighted by Gasteiger charge is 2.34. The molecule has 1 nitrogen and oxygen atoms in total. The van der Waals surface area contributed by atoms with Gasteiger partial charge in [0, 0.05) is 23.5 Å². The van der Waals surface area contributed by atoms with Gasteiger partial charge in [-0.15, -0.1) is 0 Å². The normalized spacial score (nSPS) is 15.3. The highest BCUT2D eigenvalue weighted by Crippen LogP contribution is 2.32. The largest absolute Gasteiger partial charge is 0.429 e.